The van der Waals surface area contributed by atoms with Gasteiger partial charge in [-0.2, -0.15) is 0 Å². The molecule has 1 heterocycles. The molecule has 0 aliphatic carbocycles. The van der Waals surface area contributed by atoms with E-state index in [1.165, 1.54) is 0 Å². The Morgan fingerprint density at radius 3 is 2.30 bits per heavy atom. The molecule has 6 heteroatoms. The Morgan fingerprint density at radius 2 is 1.57 bits per heavy atom. The van der Waals surface area contributed by atoms with Gasteiger partial charge in [0.25, 0.3) is 0 Å². The summed E-state index contributed by atoms with van der Waals surface area (Å²) in [5, 5.41) is 5.74. The highest BCUT2D eigenvalue weighted by Gasteiger charge is 2.21. The maximum atomic E-state index is 12.5. The Kier molecular flexibility index (Phi) is 6.19. The fourth-order valence-corrected chi connectivity index (χ4v) is 3.87. The first kappa shape index (κ1) is 20.2. The van der Waals surface area contributed by atoms with Crippen LogP contribution < -0.4 is 10.2 Å². The quantitative estimate of drug-likeness (QED) is 0.686. The minimum Gasteiger partial charge on any atom is -0.368 e. The van der Waals surface area contributed by atoms with E-state index in [1.807, 2.05) is 71.6 Å². The average Bonchev–Trinajstić information content (AvgIpc) is 2.78. The summed E-state index contributed by atoms with van der Waals surface area (Å²) in [6.45, 7) is 2.84. The Hall–Kier alpha value is -3.05. The fraction of sp³-hybridized carbons (Fsp3) is 0.250. The fourth-order valence-electron chi connectivity index (χ4n) is 3.75. The lowest BCUT2D eigenvalue weighted by molar-refractivity contribution is -0.133. The van der Waals surface area contributed by atoms with Crippen LogP contribution in [0.2, 0.25) is 5.02 Å². The Labute approximate surface area is 181 Å². The average molecular weight is 422 g/mol. The second kappa shape index (κ2) is 9.18. The number of nitrogens with one attached hydrogen (secondary N) is 1. The zero-order chi connectivity index (χ0) is 20.9. The molecule has 30 heavy (non-hydrogen) atoms. The van der Waals surface area contributed by atoms with Gasteiger partial charge in [-0.25, -0.2) is 0 Å². The van der Waals surface area contributed by atoms with Gasteiger partial charge in [0.1, 0.15) is 0 Å². The zero-order valence-corrected chi connectivity index (χ0v) is 17.4. The standard InChI is InChI=1S/C24H24ClN3O2/c25-21-7-9-22(10-8-21)27-11-13-28(14-12-27)24(30)17-26-23(29)16-18-5-6-19-3-1-2-4-20(19)15-18/h1-10,15H,11-14,16-17H2,(H,26,29). The largest absolute Gasteiger partial charge is 0.368 e. The second-order valence-corrected chi connectivity index (χ2v) is 7.92. The number of halogens is 1. The van der Waals surface area contributed by atoms with Gasteiger partial charge in [0.2, 0.25) is 11.8 Å². The number of rotatable bonds is 5. The molecule has 1 N–H and O–H groups in total. The number of hydrogen-bond acceptors (Lipinski definition) is 3. The van der Waals surface area contributed by atoms with Crippen LogP contribution in [0.4, 0.5) is 5.69 Å². The molecule has 0 bridgehead atoms. The van der Waals surface area contributed by atoms with E-state index in [-0.39, 0.29) is 24.8 Å². The number of nitrogens with zero attached hydrogens (tertiary/aromatic N) is 2. The van der Waals surface area contributed by atoms with Crippen LogP contribution in [0.5, 0.6) is 0 Å². The molecule has 154 valence electrons. The molecule has 1 fully saturated rings. The van der Waals surface area contributed by atoms with Crippen molar-refractivity contribution in [2.24, 2.45) is 0 Å². The van der Waals surface area contributed by atoms with Crippen LogP contribution in [0.25, 0.3) is 10.8 Å². The first-order valence-corrected chi connectivity index (χ1v) is 10.5. The van der Waals surface area contributed by atoms with Crippen molar-refractivity contribution >= 4 is 39.9 Å². The van der Waals surface area contributed by atoms with E-state index >= 15 is 0 Å². The summed E-state index contributed by atoms with van der Waals surface area (Å²) in [7, 11) is 0. The second-order valence-electron chi connectivity index (χ2n) is 7.48. The Balaban J connectivity index is 1.24. The smallest absolute Gasteiger partial charge is 0.242 e. The molecular weight excluding hydrogens is 398 g/mol. The number of piperazine rings is 1. The number of carbonyl (C=O) groups is 2. The minimum atomic E-state index is -0.140. The lowest BCUT2D eigenvalue weighted by atomic mass is 10.0. The molecule has 1 saturated heterocycles. The summed E-state index contributed by atoms with van der Waals surface area (Å²) < 4.78 is 0. The number of amides is 2. The summed E-state index contributed by atoms with van der Waals surface area (Å²) in [4.78, 5) is 28.8. The SMILES string of the molecule is O=C(Cc1ccc2ccccc2c1)NCC(=O)N1CCN(c2ccc(Cl)cc2)CC1. The lowest BCUT2D eigenvalue weighted by Crippen LogP contribution is -2.51. The highest BCUT2D eigenvalue weighted by Crippen LogP contribution is 2.19. The molecular formula is C24H24ClN3O2. The Bertz CT molecular complexity index is 1040. The monoisotopic (exact) mass is 421 g/mol. The zero-order valence-electron chi connectivity index (χ0n) is 16.7. The topological polar surface area (TPSA) is 52.7 Å². The van der Waals surface area contributed by atoms with Crippen LogP contribution in [0.15, 0.2) is 66.7 Å². The van der Waals surface area contributed by atoms with Gasteiger partial charge in [0.15, 0.2) is 0 Å². The molecule has 3 aromatic carbocycles. The lowest BCUT2D eigenvalue weighted by Gasteiger charge is -2.36. The van der Waals surface area contributed by atoms with Crippen molar-refractivity contribution in [2.45, 2.75) is 6.42 Å². The summed E-state index contributed by atoms with van der Waals surface area (Å²) >= 11 is 5.95. The molecule has 5 nitrogen and oxygen atoms in total. The van der Waals surface area contributed by atoms with Crippen LogP contribution in [-0.2, 0) is 16.0 Å². The Morgan fingerprint density at radius 1 is 0.867 bits per heavy atom. The highest BCUT2D eigenvalue weighted by molar-refractivity contribution is 6.30. The highest BCUT2D eigenvalue weighted by atomic mass is 35.5. The van der Waals surface area contributed by atoms with Crippen LogP contribution >= 0.6 is 11.6 Å². The van der Waals surface area contributed by atoms with Crippen molar-refractivity contribution in [3.8, 4) is 0 Å². The molecule has 1 aliphatic heterocycles. The van der Waals surface area contributed by atoms with Crippen LogP contribution in [0.3, 0.4) is 0 Å². The van der Waals surface area contributed by atoms with E-state index in [0.29, 0.717) is 18.1 Å². The van der Waals surface area contributed by atoms with Gasteiger partial charge in [-0.1, -0.05) is 54.1 Å². The number of benzene rings is 3. The molecule has 1 aliphatic rings. The van der Waals surface area contributed by atoms with Crippen molar-refractivity contribution in [1.82, 2.24) is 10.2 Å². The predicted molar refractivity (Wildman–Crippen MR) is 121 cm³/mol. The van der Waals surface area contributed by atoms with Gasteiger partial charge >= 0.3 is 0 Å². The van der Waals surface area contributed by atoms with E-state index < -0.39 is 0 Å². The first-order chi connectivity index (χ1) is 14.6. The summed E-state index contributed by atoms with van der Waals surface area (Å²) in [5.74, 6) is -0.184. The number of fused-ring (bicyclic) bond motifs is 1. The van der Waals surface area contributed by atoms with Crippen molar-refractivity contribution < 1.29 is 9.59 Å². The van der Waals surface area contributed by atoms with Crippen LogP contribution in [-0.4, -0.2) is 49.4 Å². The van der Waals surface area contributed by atoms with Crippen molar-refractivity contribution in [1.29, 1.82) is 0 Å². The van der Waals surface area contributed by atoms with E-state index in [1.54, 1.807) is 0 Å². The third-order valence-corrected chi connectivity index (χ3v) is 5.69. The van der Waals surface area contributed by atoms with E-state index in [9.17, 15) is 9.59 Å². The third-order valence-electron chi connectivity index (χ3n) is 5.44. The van der Waals surface area contributed by atoms with E-state index in [4.69, 9.17) is 11.6 Å². The molecule has 0 saturated carbocycles. The summed E-state index contributed by atoms with van der Waals surface area (Å²) in [6.07, 6.45) is 0.266. The maximum Gasteiger partial charge on any atom is 0.242 e. The molecule has 4 rings (SSSR count). The maximum absolute atomic E-state index is 12.5. The molecule has 3 aromatic rings. The van der Waals surface area contributed by atoms with E-state index in [0.717, 1.165) is 35.1 Å². The normalized spacial score (nSPS) is 14.0. The molecule has 2 amide bonds. The molecule has 0 radical (unpaired) electrons. The van der Waals surface area contributed by atoms with Gasteiger partial charge in [-0.3, -0.25) is 9.59 Å². The van der Waals surface area contributed by atoms with E-state index in [2.05, 4.69) is 10.2 Å². The number of hydrogen-bond donors (Lipinski definition) is 1. The van der Waals surface area contributed by atoms with Gasteiger partial charge in [-0.15, -0.1) is 0 Å². The molecule has 0 spiro atoms. The predicted octanol–water partition coefficient (Wildman–Crippen LogP) is 3.50. The molecule has 0 unspecified atom stereocenters. The van der Waals surface area contributed by atoms with Gasteiger partial charge in [0, 0.05) is 36.9 Å². The van der Waals surface area contributed by atoms with Crippen LogP contribution in [0, 0.1) is 0 Å². The van der Waals surface area contributed by atoms with Crippen molar-refractivity contribution in [2.75, 3.05) is 37.6 Å². The number of anilines is 1. The number of carbonyl (C=O) groups excluding carboxylic acids is 2. The summed E-state index contributed by atoms with van der Waals surface area (Å²) in [5.41, 5.74) is 2.05. The van der Waals surface area contributed by atoms with Crippen LogP contribution in [0.1, 0.15) is 5.56 Å². The molecule has 0 atom stereocenters. The van der Waals surface area contributed by atoms with Gasteiger partial charge < -0.3 is 15.1 Å². The molecule has 0 aromatic heterocycles. The minimum absolute atomic E-state index is 0.0351. The third kappa shape index (κ3) is 4.92. The van der Waals surface area contributed by atoms with Gasteiger partial charge in [-0.05, 0) is 40.6 Å². The summed E-state index contributed by atoms with van der Waals surface area (Å²) in [6, 6.07) is 21.8. The van der Waals surface area contributed by atoms with Crippen molar-refractivity contribution in [3.05, 3.63) is 77.3 Å². The van der Waals surface area contributed by atoms with Gasteiger partial charge in [0.05, 0.1) is 13.0 Å². The van der Waals surface area contributed by atoms with Crippen molar-refractivity contribution in [3.63, 3.8) is 0 Å². The first-order valence-electron chi connectivity index (χ1n) is 10.1.